The van der Waals surface area contributed by atoms with Crippen LogP contribution in [-0.2, 0) is 7.05 Å². The molecule has 0 aromatic carbocycles. The van der Waals surface area contributed by atoms with E-state index in [1.54, 1.807) is 11.3 Å². The van der Waals surface area contributed by atoms with Crippen LogP contribution in [-0.4, -0.2) is 24.1 Å². The van der Waals surface area contributed by atoms with Crippen molar-refractivity contribution in [2.75, 3.05) is 0 Å². The van der Waals surface area contributed by atoms with Crippen LogP contribution in [0.5, 0.6) is 0 Å². The molecule has 3 aromatic heterocycles. The molecule has 5 nitrogen and oxygen atoms in total. The normalized spacial score (nSPS) is 14.8. The Morgan fingerprint density at radius 3 is 3.00 bits per heavy atom. The van der Waals surface area contributed by atoms with Crippen molar-refractivity contribution in [2.24, 2.45) is 7.05 Å². The molecule has 1 aliphatic rings. The maximum Gasteiger partial charge on any atom is 0.198 e. The molecule has 1 aliphatic carbocycles. The fourth-order valence-electron chi connectivity index (χ4n) is 1.87. The van der Waals surface area contributed by atoms with E-state index in [9.17, 15) is 0 Å². The van der Waals surface area contributed by atoms with Gasteiger partial charge in [0.25, 0.3) is 0 Å². The monoisotopic (exact) mass is 321 g/mol. The highest BCUT2D eigenvalue weighted by molar-refractivity contribution is 8.00. The molecule has 0 bridgehead atoms. The van der Waals surface area contributed by atoms with Gasteiger partial charge in [-0.3, -0.25) is 0 Å². The smallest absolute Gasteiger partial charge is 0.198 e. The second-order valence-corrected chi connectivity index (χ2v) is 7.55. The summed E-state index contributed by atoms with van der Waals surface area (Å²) in [5, 5.41) is 11.4. The van der Waals surface area contributed by atoms with Crippen molar-refractivity contribution in [3.63, 3.8) is 0 Å². The first-order valence-corrected chi connectivity index (χ1v) is 8.73. The van der Waals surface area contributed by atoms with Gasteiger partial charge in [0.2, 0.25) is 0 Å². The van der Waals surface area contributed by atoms with Crippen LogP contribution in [0.2, 0.25) is 0 Å². The molecule has 102 valence electrons. The van der Waals surface area contributed by atoms with Gasteiger partial charge in [0, 0.05) is 13.0 Å². The maximum absolute atomic E-state index is 4.57. The molecule has 0 N–H and O–H groups in total. The summed E-state index contributed by atoms with van der Waals surface area (Å²) in [6, 6.07) is 4.08. The van der Waals surface area contributed by atoms with E-state index < -0.39 is 0 Å². The molecule has 0 radical (unpaired) electrons. The summed E-state index contributed by atoms with van der Waals surface area (Å²) in [5.74, 6) is 2.49. The van der Waals surface area contributed by atoms with Crippen LogP contribution in [0.4, 0.5) is 0 Å². The van der Waals surface area contributed by atoms with E-state index >= 15 is 0 Å². The molecule has 0 atom stereocenters. The Hall–Kier alpha value is -1.25. The number of rotatable bonds is 4. The van der Waals surface area contributed by atoms with Crippen LogP contribution in [0.25, 0.3) is 10.7 Å². The van der Waals surface area contributed by atoms with E-state index in [0.717, 1.165) is 26.0 Å². The van der Waals surface area contributed by atoms with Crippen LogP contribution in [0.1, 0.15) is 24.6 Å². The quantitative estimate of drug-likeness (QED) is 0.737. The summed E-state index contributed by atoms with van der Waals surface area (Å²) in [6.07, 6.45) is 2.46. The molecule has 0 spiro atoms. The zero-order chi connectivity index (χ0) is 13.5. The zero-order valence-corrected chi connectivity index (χ0v) is 13.1. The van der Waals surface area contributed by atoms with Crippen LogP contribution < -0.4 is 0 Å². The van der Waals surface area contributed by atoms with Crippen molar-refractivity contribution in [1.82, 2.24) is 24.1 Å². The molecule has 8 heteroatoms. The van der Waals surface area contributed by atoms with Crippen LogP contribution in [0.3, 0.4) is 0 Å². The molecular formula is C12H11N5S3. The summed E-state index contributed by atoms with van der Waals surface area (Å²) in [4.78, 5) is 5.70. The number of hydrogen-bond donors (Lipinski definition) is 0. The first-order valence-electron chi connectivity index (χ1n) is 6.26. The predicted molar refractivity (Wildman–Crippen MR) is 80.3 cm³/mol. The molecule has 20 heavy (non-hydrogen) atoms. The Balaban J connectivity index is 1.59. The first-order chi connectivity index (χ1) is 9.81. The van der Waals surface area contributed by atoms with E-state index in [1.165, 1.54) is 36.1 Å². The van der Waals surface area contributed by atoms with E-state index in [4.69, 9.17) is 0 Å². The second kappa shape index (κ2) is 4.94. The lowest BCUT2D eigenvalue weighted by atomic mass is 10.4. The third-order valence-electron chi connectivity index (χ3n) is 3.12. The summed E-state index contributed by atoms with van der Waals surface area (Å²) in [6.45, 7) is 0. The standard InChI is InChI=1S/C12H11N5S3/c1-17-10(8-3-2-6-18-8)14-15-11(17)19-12-13-9(16-20-12)7-4-5-7/h2-3,6-7H,4-5H2,1H3. The summed E-state index contributed by atoms with van der Waals surface area (Å²) in [5.41, 5.74) is 0. The third-order valence-corrected chi connectivity index (χ3v) is 5.79. The maximum atomic E-state index is 4.57. The Labute approximate surface area is 128 Å². The van der Waals surface area contributed by atoms with Crippen LogP contribution in [0.15, 0.2) is 27.0 Å². The van der Waals surface area contributed by atoms with Gasteiger partial charge < -0.3 is 4.57 Å². The molecule has 3 heterocycles. The number of nitrogens with zero attached hydrogens (tertiary/aromatic N) is 5. The molecule has 3 aromatic rings. The van der Waals surface area contributed by atoms with Crippen molar-refractivity contribution < 1.29 is 0 Å². The van der Waals surface area contributed by atoms with Gasteiger partial charge in [-0.25, -0.2) is 4.98 Å². The minimum absolute atomic E-state index is 0.599. The molecule has 0 saturated heterocycles. The lowest BCUT2D eigenvalue weighted by Crippen LogP contribution is -1.93. The highest BCUT2D eigenvalue weighted by atomic mass is 32.2. The second-order valence-electron chi connectivity index (χ2n) is 4.64. The lowest BCUT2D eigenvalue weighted by Gasteiger charge is -1.99. The average Bonchev–Trinajstić information content (AvgIpc) is 2.88. The largest absolute Gasteiger partial charge is 0.304 e. The molecule has 0 aliphatic heterocycles. The van der Waals surface area contributed by atoms with Gasteiger partial charge >= 0.3 is 0 Å². The molecule has 0 unspecified atom stereocenters. The Bertz CT molecular complexity index is 726. The minimum atomic E-state index is 0.599. The van der Waals surface area contributed by atoms with Gasteiger partial charge in [-0.2, -0.15) is 4.37 Å². The number of aromatic nitrogens is 5. The van der Waals surface area contributed by atoms with Crippen molar-refractivity contribution >= 4 is 34.6 Å². The first kappa shape index (κ1) is 12.5. The fraction of sp³-hybridized carbons (Fsp3) is 0.333. The van der Waals surface area contributed by atoms with Crippen molar-refractivity contribution in [1.29, 1.82) is 0 Å². The van der Waals surface area contributed by atoms with Crippen LogP contribution >= 0.6 is 34.6 Å². The highest BCUT2D eigenvalue weighted by Crippen LogP contribution is 2.40. The molecule has 0 amide bonds. The molecule has 4 rings (SSSR count). The topological polar surface area (TPSA) is 56.5 Å². The minimum Gasteiger partial charge on any atom is -0.304 e. The summed E-state index contributed by atoms with van der Waals surface area (Å²) < 4.78 is 7.37. The Morgan fingerprint density at radius 1 is 1.35 bits per heavy atom. The Morgan fingerprint density at radius 2 is 2.25 bits per heavy atom. The molecule has 1 saturated carbocycles. The van der Waals surface area contributed by atoms with Gasteiger partial charge in [-0.1, -0.05) is 6.07 Å². The Kier molecular flexibility index (Phi) is 3.08. The predicted octanol–water partition coefficient (Wildman–Crippen LogP) is 3.42. The number of hydrogen-bond acceptors (Lipinski definition) is 7. The summed E-state index contributed by atoms with van der Waals surface area (Å²) >= 11 is 4.66. The average molecular weight is 321 g/mol. The summed E-state index contributed by atoms with van der Waals surface area (Å²) in [7, 11) is 1.99. The van der Waals surface area contributed by atoms with Gasteiger partial charge in [0.1, 0.15) is 5.82 Å². The highest BCUT2D eigenvalue weighted by Gasteiger charge is 2.28. The SMILES string of the molecule is Cn1c(Sc2nc(C3CC3)ns2)nnc1-c1cccs1. The van der Waals surface area contributed by atoms with E-state index in [-0.39, 0.29) is 0 Å². The van der Waals surface area contributed by atoms with E-state index in [1.807, 2.05) is 23.1 Å². The van der Waals surface area contributed by atoms with Gasteiger partial charge in [-0.05, 0) is 47.6 Å². The van der Waals surface area contributed by atoms with E-state index in [2.05, 4.69) is 25.6 Å². The van der Waals surface area contributed by atoms with E-state index in [0.29, 0.717) is 5.92 Å². The van der Waals surface area contributed by atoms with Gasteiger partial charge in [-0.15, -0.1) is 21.5 Å². The van der Waals surface area contributed by atoms with Crippen molar-refractivity contribution in [2.45, 2.75) is 28.3 Å². The third kappa shape index (κ3) is 2.27. The van der Waals surface area contributed by atoms with Crippen molar-refractivity contribution in [3.05, 3.63) is 23.3 Å². The lowest BCUT2D eigenvalue weighted by molar-refractivity contribution is 0.794. The van der Waals surface area contributed by atoms with Gasteiger partial charge in [0.15, 0.2) is 15.3 Å². The van der Waals surface area contributed by atoms with Crippen molar-refractivity contribution in [3.8, 4) is 10.7 Å². The fourth-order valence-corrected chi connectivity index (χ4v) is 4.20. The van der Waals surface area contributed by atoms with Gasteiger partial charge in [0.05, 0.1) is 4.88 Å². The zero-order valence-electron chi connectivity index (χ0n) is 10.7. The molecule has 1 fully saturated rings. The molecular weight excluding hydrogens is 310 g/mol. The van der Waals surface area contributed by atoms with Crippen LogP contribution in [0, 0.1) is 0 Å². The number of thiophene rings is 1.